The second-order valence-electron chi connectivity index (χ2n) is 3.97. The van der Waals surface area contributed by atoms with E-state index in [0.717, 1.165) is 11.1 Å². The van der Waals surface area contributed by atoms with Crippen molar-refractivity contribution in [2.75, 3.05) is 5.32 Å². The van der Waals surface area contributed by atoms with Gasteiger partial charge in [0.25, 0.3) is 6.01 Å². The van der Waals surface area contributed by atoms with Gasteiger partial charge in [-0.25, -0.2) is 0 Å². The molecule has 0 unspecified atom stereocenters. The summed E-state index contributed by atoms with van der Waals surface area (Å²) in [5.74, 6) is 0. The Morgan fingerprint density at radius 2 is 1.94 bits per heavy atom. The van der Waals surface area contributed by atoms with Gasteiger partial charge in [0.15, 0.2) is 5.58 Å². The summed E-state index contributed by atoms with van der Waals surface area (Å²) < 4.78 is 5.56. The van der Waals surface area contributed by atoms with Crippen LogP contribution in [0.15, 0.2) is 52.9 Å². The van der Waals surface area contributed by atoms with E-state index >= 15 is 0 Å². The highest BCUT2D eigenvalue weighted by Crippen LogP contribution is 2.22. The fourth-order valence-corrected chi connectivity index (χ4v) is 1.92. The van der Waals surface area contributed by atoms with Crippen LogP contribution < -0.4 is 5.32 Å². The van der Waals surface area contributed by atoms with E-state index in [0.29, 0.717) is 17.6 Å². The second-order valence-corrected chi connectivity index (χ2v) is 4.41. The third-order valence-electron chi connectivity index (χ3n) is 2.64. The molecule has 0 fully saturated rings. The van der Waals surface area contributed by atoms with Crippen LogP contribution in [0.2, 0.25) is 5.02 Å². The minimum absolute atomic E-state index is 0.510. The molecule has 90 valence electrons. The van der Waals surface area contributed by atoms with E-state index in [1.807, 2.05) is 36.4 Å². The molecule has 4 heteroatoms. The van der Waals surface area contributed by atoms with Gasteiger partial charge in [-0.05, 0) is 23.8 Å². The van der Waals surface area contributed by atoms with Gasteiger partial charge in [0.1, 0.15) is 5.52 Å². The molecule has 1 aromatic heterocycles. The predicted octanol–water partition coefficient (Wildman–Crippen LogP) is 4.09. The van der Waals surface area contributed by atoms with Crippen LogP contribution in [0.4, 0.5) is 6.01 Å². The maximum atomic E-state index is 5.90. The molecule has 1 N–H and O–H groups in total. The first kappa shape index (κ1) is 11.1. The molecule has 1 heterocycles. The van der Waals surface area contributed by atoms with Crippen molar-refractivity contribution in [1.82, 2.24) is 4.98 Å². The molecular formula is C14H11ClN2O. The van der Waals surface area contributed by atoms with Crippen LogP contribution in [0, 0.1) is 0 Å². The average Bonchev–Trinajstić information content (AvgIpc) is 2.79. The molecule has 2 aromatic carbocycles. The van der Waals surface area contributed by atoms with Gasteiger partial charge in [0.05, 0.1) is 0 Å². The Balaban J connectivity index is 1.79. The summed E-state index contributed by atoms with van der Waals surface area (Å²) in [6, 6.07) is 16.0. The van der Waals surface area contributed by atoms with Crippen molar-refractivity contribution in [2.45, 2.75) is 6.54 Å². The number of oxazole rings is 1. The Labute approximate surface area is 109 Å². The molecule has 0 aliphatic rings. The first-order valence-electron chi connectivity index (χ1n) is 5.65. The van der Waals surface area contributed by atoms with Crippen molar-refractivity contribution in [3.05, 3.63) is 59.1 Å². The van der Waals surface area contributed by atoms with Crippen LogP contribution in [0.25, 0.3) is 11.1 Å². The summed E-state index contributed by atoms with van der Waals surface area (Å²) in [5, 5.41) is 3.81. The molecule has 0 amide bonds. The second kappa shape index (κ2) is 4.70. The van der Waals surface area contributed by atoms with E-state index < -0.39 is 0 Å². The molecule has 0 aliphatic carbocycles. The van der Waals surface area contributed by atoms with Crippen molar-refractivity contribution < 1.29 is 4.42 Å². The van der Waals surface area contributed by atoms with Crippen molar-refractivity contribution >= 4 is 28.7 Å². The van der Waals surface area contributed by atoms with E-state index in [1.165, 1.54) is 5.56 Å². The molecule has 0 spiro atoms. The highest BCUT2D eigenvalue weighted by molar-refractivity contribution is 6.31. The van der Waals surface area contributed by atoms with E-state index in [2.05, 4.69) is 10.3 Å². The monoisotopic (exact) mass is 258 g/mol. The quantitative estimate of drug-likeness (QED) is 0.769. The maximum Gasteiger partial charge on any atom is 0.295 e. The number of hydrogen-bond donors (Lipinski definition) is 1. The van der Waals surface area contributed by atoms with Gasteiger partial charge in [-0.15, -0.1) is 0 Å². The highest BCUT2D eigenvalue weighted by Gasteiger charge is 2.05. The van der Waals surface area contributed by atoms with E-state index in [-0.39, 0.29) is 0 Å². The number of hydrogen-bond acceptors (Lipinski definition) is 3. The van der Waals surface area contributed by atoms with Gasteiger partial charge in [0.2, 0.25) is 0 Å². The molecule has 0 aliphatic heterocycles. The molecule has 0 bridgehead atoms. The zero-order valence-electron chi connectivity index (χ0n) is 9.56. The van der Waals surface area contributed by atoms with Crippen LogP contribution in [-0.2, 0) is 6.54 Å². The third kappa shape index (κ3) is 2.31. The summed E-state index contributed by atoms with van der Waals surface area (Å²) in [6.45, 7) is 0.682. The minimum Gasteiger partial charge on any atom is -0.424 e. The van der Waals surface area contributed by atoms with Crippen molar-refractivity contribution in [3.63, 3.8) is 0 Å². The maximum absolute atomic E-state index is 5.90. The minimum atomic E-state index is 0.510. The number of halogens is 1. The van der Waals surface area contributed by atoms with Crippen molar-refractivity contribution in [3.8, 4) is 0 Å². The SMILES string of the molecule is Clc1ccc2oc(NCc3ccccc3)nc2c1. The standard InChI is InChI=1S/C14H11ClN2O/c15-11-6-7-13-12(8-11)17-14(18-13)16-9-10-4-2-1-3-5-10/h1-8H,9H2,(H,16,17). The number of benzene rings is 2. The lowest BCUT2D eigenvalue weighted by Gasteiger charge is -2.00. The average molecular weight is 259 g/mol. The summed E-state index contributed by atoms with van der Waals surface area (Å²) in [4.78, 5) is 4.33. The number of anilines is 1. The molecule has 0 radical (unpaired) electrons. The largest absolute Gasteiger partial charge is 0.424 e. The summed E-state index contributed by atoms with van der Waals surface area (Å²) in [6.07, 6.45) is 0. The van der Waals surface area contributed by atoms with Gasteiger partial charge < -0.3 is 9.73 Å². The zero-order valence-corrected chi connectivity index (χ0v) is 10.3. The van der Waals surface area contributed by atoms with Gasteiger partial charge in [-0.3, -0.25) is 0 Å². The molecular weight excluding hydrogens is 248 g/mol. The topological polar surface area (TPSA) is 38.1 Å². The molecule has 18 heavy (non-hydrogen) atoms. The fraction of sp³-hybridized carbons (Fsp3) is 0.0714. The highest BCUT2D eigenvalue weighted by atomic mass is 35.5. The van der Waals surface area contributed by atoms with Gasteiger partial charge in [-0.1, -0.05) is 41.9 Å². The zero-order chi connectivity index (χ0) is 12.4. The molecule has 3 rings (SSSR count). The van der Waals surface area contributed by atoms with Crippen molar-refractivity contribution in [1.29, 1.82) is 0 Å². The first-order chi connectivity index (χ1) is 8.81. The number of nitrogens with one attached hydrogen (secondary N) is 1. The number of fused-ring (bicyclic) bond motifs is 1. The summed E-state index contributed by atoms with van der Waals surface area (Å²) in [7, 11) is 0. The molecule has 0 saturated heterocycles. The van der Waals surface area contributed by atoms with Crippen LogP contribution in [0.1, 0.15) is 5.56 Å². The van der Waals surface area contributed by atoms with E-state index in [1.54, 1.807) is 12.1 Å². The van der Waals surface area contributed by atoms with Crippen LogP contribution in [0.5, 0.6) is 0 Å². The fourth-order valence-electron chi connectivity index (χ4n) is 1.75. The third-order valence-corrected chi connectivity index (χ3v) is 2.87. The van der Waals surface area contributed by atoms with Crippen LogP contribution in [-0.4, -0.2) is 4.98 Å². The van der Waals surface area contributed by atoms with Gasteiger partial charge in [-0.2, -0.15) is 4.98 Å². The summed E-state index contributed by atoms with van der Waals surface area (Å²) in [5.41, 5.74) is 2.67. The normalized spacial score (nSPS) is 10.7. The van der Waals surface area contributed by atoms with E-state index in [4.69, 9.17) is 16.0 Å². The summed E-state index contributed by atoms with van der Waals surface area (Å²) >= 11 is 5.90. The lowest BCUT2D eigenvalue weighted by atomic mass is 10.2. The van der Waals surface area contributed by atoms with Crippen LogP contribution >= 0.6 is 11.6 Å². The first-order valence-corrected chi connectivity index (χ1v) is 6.03. The molecule has 0 atom stereocenters. The van der Waals surface area contributed by atoms with Crippen LogP contribution in [0.3, 0.4) is 0 Å². The smallest absolute Gasteiger partial charge is 0.295 e. The van der Waals surface area contributed by atoms with E-state index in [9.17, 15) is 0 Å². The molecule has 3 aromatic rings. The Bertz CT molecular complexity index is 664. The van der Waals surface area contributed by atoms with Crippen molar-refractivity contribution in [2.24, 2.45) is 0 Å². The Hall–Kier alpha value is -2.00. The Morgan fingerprint density at radius 1 is 1.11 bits per heavy atom. The number of rotatable bonds is 3. The molecule has 0 saturated carbocycles. The Morgan fingerprint density at radius 3 is 2.78 bits per heavy atom. The predicted molar refractivity (Wildman–Crippen MR) is 72.8 cm³/mol. The number of nitrogens with zero attached hydrogens (tertiary/aromatic N) is 1. The Kier molecular flexibility index (Phi) is 2.90. The van der Waals surface area contributed by atoms with Gasteiger partial charge in [0, 0.05) is 11.6 Å². The molecule has 3 nitrogen and oxygen atoms in total. The lowest BCUT2D eigenvalue weighted by Crippen LogP contribution is -1.98. The van der Waals surface area contributed by atoms with Gasteiger partial charge >= 0.3 is 0 Å². The lowest BCUT2D eigenvalue weighted by molar-refractivity contribution is 0.614. The number of aromatic nitrogens is 1.